The van der Waals surface area contributed by atoms with Gasteiger partial charge in [-0.25, -0.2) is 0 Å². The first-order valence-corrected chi connectivity index (χ1v) is 10.4. The summed E-state index contributed by atoms with van der Waals surface area (Å²) < 4.78 is 1.83. The van der Waals surface area contributed by atoms with Crippen LogP contribution in [-0.2, 0) is 4.79 Å². The van der Waals surface area contributed by atoms with Gasteiger partial charge in [0.2, 0.25) is 5.91 Å². The molecule has 0 bridgehead atoms. The quantitative estimate of drug-likeness (QED) is 0.407. The maximum absolute atomic E-state index is 11.3. The number of amides is 1. The number of benzene rings is 3. The summed E-state index contributed by atoms with van der Waals surface area (Å²) in [5.41, 5.74) is 4.73. The second kappa shape index (κ2) is 7.94. The summed E-state index contributed by atoms with van der Waals surface area (Å²) in [6, 6.07) is 21.7. The van der Waals surface area contributed by atoms with Gasteiger partial charge in [-0.3, -0.25) is 9.20 Å². The molecule has 0 aliphatic rings. The molecule has 3 aromatic carbocycles. The molecule has 5 aromatic rings. The van der Waals surface area contributed by atoms with Crippen molar-refractivity contribution >= 4 is 51.4 Å². The van der Waals surface area contributed by atoms with Crippen molar-refractivity contribution < 1.29 is 4.79 Å². The molecule has 1 amide bonds. The average molecular weight is 443 g/mol. The smallest absolute Gasteiger partial charge is 0.257 e. The van der Waals surface area contributed by atoms with E-state index in [4.69, 9.17) is 16.6 Å². The number of carbonyl (C=O) groups is 1. The van der Waals surface area contributed by atoms with Crippen LogP contribution in [0.2, 0.25) is 5.02 Å². The van der Waals surface area contributed by atoms with Crippen LogP contribution in [-0.4, -0.2) is 32.5 Å². The van der Waals surface area contributed by atoms with Gasteiger partial charge in [0.05, 0.1) is 5.52 Å². The largest absolute Gasteiger partial charge is 0.329 e. The Morgan fingerprint density at radius 3 is 2.62 bits per heavy atom. The number of nitrogens with one attached hydrogen (secondary N) is 1. The van der Waals surface area contributed by atoms with Crippen molar-refractivity contribution in [2.45, 2.75) is 6.92 Å². The summed E-state index contributed by atoms with van der Waals surface area (Å²) in [4.78, 5) is 18.0. The van der Waals surface area contributed by atoms with E-state index in [-0.39, 0.29) is 5.91 Å². The monoisotopic (exact) mass is 442 g/mol. The summed E-state index contributed by atoms with van der Waals surface area (Å²) in [7, 11) is 1.97. The molecule has 0 fully saturated rings. The predicted molar refractivity (Wildman–Crippen MR) is 128 cm³/mol. The molecule has 1 N–H and O–H groups in total. The third-order valence-corrected chi connectivity index (χ3v) is 5.52. The molecule has 158 valence electrons. The Bertz CT molecular complexity index is 1460. The molecule has 0 saturated heterocycles. The molecule has 8 heteroatoms. The number of carbonyl (C=O) groups excluding carboxylic acids is 1. The lowest BCUT2D eigenvalue weighted by Gasteiger charge is -2.21. The minimum atomic E-state index is -0.0907. The van der Waals surface area contributed by atoms with Crippen molar-refractivity contribution in [1.82, 2.24) is 19.6 Å². The third-order valence-electron chi connectivity index (χ3n) is 5.29. The highest BCUT2D eigenvalue weighted by molar-refractivity contribution is 6.31. The lowest BCUT2D eigenvalue weighted by molar-refractivity contribution is -0.114. The standard InChI is InChI=1S/C24H19ClN6O/c1-15(32)27-19-9-6-16(7-10-19)17-4-3-5-20(12-17)30(2)23-21-11-8-18(25)13-22(21)31-14-26-29-24(31)28-23/h3-14H,1-2H3,(H,27,32). The van der Waals surface area contributed by atoms with Crippen molar-refractivity contribution in [3.8, 4) is 11.1 Å². The summed E-state index contributed by atoms with van der Waals surface area (Å²) in [5, 5.41) is 12.5. The number of aromatic nitrogens is 4. The van der Waals surface area contributed by atoms with E-state index in [1.165, 1.54) is 6.92 Å². The third kappa shape index (κ3) is 3.63. The zero-order valence-corrected chi connectivity index (χ0v) is 18.2. The zero-order chi connectivity index (χ0) is 22.2. The van der Waals surface area contributed by atoms with Crippen LogP contribution in [0.3, 0.4) is 0 Å². The number of rotatable bonds is 4. The molecular weight excluding hydrogens is 424 g/mol. The van der Waals surface area contributed by atoms with E-state index in [2.05, 4.69) is 27.6 Å². The molecule has 5 rings (SSSR count). The van der Waals surface area contributed by atoms with Gasteiger partial charge in [0.25, 0.3) is 5.78 Å². The van der Waals surface area contributed by atoms with E-state index in [9.17, 15) is 4.79 Å². The number of hydrogen-bond donors (Lipinski definition) is 1. The van der Waals surface area contributed by atoms with Crippen LogP contribution in [0.15, 0.2) is 73.1 Å². The van der Waals surface area contributed by atoms with E-state index in [1.807, 2.05) is 70.9 Å². The molecule has 0 spiro atoms. The highest BCUT2D eigenvalue weighted by Gasteiger charge is 2.15. The Labute approximate surface area is 189 Å². The normalized spacial score (nSPS) is 11.1. The summed E-state index contributed by atoms with van der Waals surface area (Å²) in [6.07, 6.45) is 1.63. The first-order valence-electron chi connectivity index (χ1n) is 10.0. The highest BCUT2D eigenvalue weighted by atomic mass is 35.5. The average Bonchev–Trinajstić information content (AvgIpc) is 3.27. The molecule has 2 aromatic heterocycles. The maximum Gasteiger partial charge on any atom is 0.257 e. The minimum absolute atomic E-state index is 0.0907. The number of halogens is 1. The topological polar surface area (TPSA) is 75.4 Å². The molecule has 2 heterocycles. The fourth-order valence-electron chi connectivity index (χ4n) is 3.74. The van der Waals surface area contributed by atoms with E-state index >= 15 is 0 Å². The van der Waals surface area contributed by atoms with Crippen molar-refractivity contribution in [2.75, 3.05) is 17.3 Å². The second-order valence-corrected chi connectivity index (χ2v) is 7.90. The summed E-state index contributed by atoms with van der Waals surface area (Å²) in [5.74, 6) is 1.17. The fourth-order valence-corrected chi connectivity index (χ4v) is 3.91. The van der Waals surface area contributed by atoms with E-state index in [0.717, 1.165) is 39.2 Å². The van der Waals surface area contributed by atoms with Crippen LogP contribution in [0, 0.1) is 0 Å². The van der Waals surface area contributed by atoms with Gasteiger partial charge in [-0.05, 0) is 53.6 Å². The van der Waals surface area contributed by atoms with E-state index in [0.29, 0.717) is 10.8 Å². The van der Waals surface area contributed by atoms with Crippen LogP contribution in [0.4, 0.5) is 17.2 Å². The lowest BCUT2D eigenvalue weighted by atomic mass is 10.0. The highest BCUT2D eigenvalue weighted by Crippen LogP contribution is 2.33. The lowest BCUT2D eigenvalue weighted by Crippen LogP contribution is -2.13. The van der Waals surface area contributed by atoms with E-state index < -0.39 is 0 Å². The number of nitrogens with zero attached hydrogens (tertiary/aromatic N) is 5. The van der Waals surface area contributed by atoms with Crippen molar-refractivity contribution in [3.05, 3.63) is 78.1 Å². The van der Waals surface area contributed by atoms with Crippen LogP contribution in [0.1, 0.15) is 6.92 Å². The van der Waals surface area contributed by atoms with Crippen molar-refractivity contribution in [1.29, 1.82) is 0 Å². The van der Waals surface area contributed by atoms with Crippen LogP contribution < -0.4 is 10.2 Å². The molecule has 0 saturated carbocycles. The molecule has 0 aliphatic heterocycles. The van der Waals surface area contributed by atoms with Gasteiger partial charge in [0, 0.05) is 35.8 Å². The minimum Gasteiger partial charge on any atom is -0.329 e. The fraction of sp³-hybridized carbons (Fsp3) is 0.0833. The predicted octanol–water partition coefficient (Wildman–Crippen LogP) is 5.32. The Hall–Kier alpha value is -3.97. The molecule has 0 aliphatic carbocycles. The summed E-state index contributed by atoms with van der Waals surface area (Å²) >= 11 is 6.25. The Morgan fingerprint density at radius 2 is 1.84 bits per heavy atom. The van der Waals surface area contributed by atoms with Gasteiger partial charge in [-0.15, -0.1) is 10.2 Å². The first-order chi connectivity index (χ1) is 15.5. The number of fused-ring (bicyclic) bond motifs is 3. The molecule has 7 nitrogen and oxygen atoms in total. The number of hydrogen-bond acceptors (Lipinski definition) is 5. The van der Waals surface area contributed by atoms with Gasteiger partial charge in [-0.1, -0.05) is 35.9 Å². The van der Waals surface area contributed by atoms with Gasteiger partial charge in [0.1, 0.15) is 12.1 Å². The number of anilines is 3. The van der Waals surface area contributed by atoms with Gasteiger partial charge in [-0.2, -0.15) is 4.98 Å². The van der Waals surface area contributed by atoms with Crippen LogP contribution >= 0.6 is 11.6 Å². The molecule has 0 atom stereocenters. The van der Waals surface area contributed by atoms with Crippen LogP contribution in [0.25, 0.3) is 27.8 Å². The van der Waals surface area contributed by atoms with Gasteiger partial charge < -0.3 is 10.2 Å². The molecule has 0 radical (unpaired) electrons. The van der Waals surface area contributed by atoms with Crippen LogP contribution in [0.5, 0.6) is 0 Å². The first kappa shape index (κ1) is 20.0. The maximum atomic E-state index is 11.3. The van der Waals surface area contributed by atoms with Crippen molar-refractivity contribution in [3.63, 3.8) is 0 Å². The molecule has 0 unspecified atom stereocenters. The van der Waals surface area contributed by atoms with Crippen molar-refractivity contribution in [2.24, 2.45) is 0 Å². The Balaban J connectivity index is 1.56. The van der Waals surface area contributed by atoms with E-state index in [1.54, 1.807) is 6.33 Å². The molecular formula is C24H19ClN6O. The molecule has 32 heavy (non-hydrogen) atoms. The van der Waals surface area contributed by atoms with Gasteiger partial charge in [0.15, 0.2) is 0 Å². The summed E-state index contributed by atoms with van der Waals surface area (Å²) in [6.45, 7) is 1.50. The van der Waals surface area contributed by atoms with Gasteiger partial charge >= 0.3 is 0 Å². The zero-order valence-electron chi connectivity index (χ0n) is 17.5. The second-order valence-electron chi connectivity index (χ2n) is 7.47. The Morgan fingerprint density at radius 1 is 1.03 bits per heavy atom. The SMILES string of the molecule is CC(=O)Nc1ccc(-c2cccc(N(C)c3nc4nncn4c4cc(Cl)ccc34)c2)cc1. The Kier molecular flexibility index (Phi) is 4.95.